The van der Waals surface area contributed by atoms with Crippen molar-refractivity contribution in [2.45, 2.75) is 13.0 Å². The minimum absolute atomic E-state index is 0.149. The second-order valence-electron chi connectivity index (χ2n) is 1.94. The first-order valence-electron chi connectivity index (χ1n) is 2.96. The van der Waals surface area contributed by atoms with Crippen LogP contribution in [0.3, 0.4) is 0 Å². The van der Waals surface area contributed by atoms with Gasteiger partial charge in [-0.25, -0.2) is 4.98 Å². The van der Waals surface area contributed by atoms with E-state index in [-0.39, 0.29) is 6.42 Å². The summed E-state index contributed by atoms with van der Waals surface area (Å²) in [5, 5.41) is 8.28. The Labute approximate surface area is 58.1 Å². The van der Waals surface area contributed by atoms with Gasteiger partial charge in [-0.05, 0) is 0 Å². The molecule has 1 heterocycles. The summed E-state index contributed by atoms with van der Waals surface area (Å²) in [6, 6.07) is 0. The van der Waals surface area contributed by atoms with Crippen LogP contribution in [-0.4, -0.2) is 20.6 Å². The predicted molar refractivity (Wildman–Crippen MR) is 34.5 cm³/mol. The topological polar surface area (TPSA) is 55.1 Å². The molecule has 0 amide bonds. The quantitative estimate of drug-likeness (QED) is 0.621. The maximum atomic E-state index is 10.1. The highest BCUT2D eigenvalue weighted by atomic mass is 16.5. The van der Waals surface area contributed by atoms with Gasteiger partial charge in [0.1, 0.15) is 0 Å². The first kappa shape index (κ1) is 6.80. The molecule has 0 spiro atoms. The van der Waals surface area contributed by atoms with Crippen LogP contribution in [0.15, 0.2) is 18.7 Å². The largest absolute Gasteiger partial charge is 0.481 e. The maximum absolute atomic E-state index is 10.1. The number of hydrogen-bond acceptors (Lipinski definition) is 2. The molecule has 0 saturated heterocycles. The van der Waals surface area contributed by atoms with E-state index in [1.165, 1.54) is 0 Å². The van der Waals surface area contributed by atoms with Gasteiger partial charge in [0.15, 0.2) is 0 Å². The normalized spacial score (nSPS) is 9.60. The number of carbonyl (C=O) groups is 1. The molecule has 54 valence electrons. The molecule has 1 aromatic heterocycles. The summed E-state index contributed by atoms with van der Waals surface area (Å²) >= 11 is 0. The van der Waals surface area contributed by atoms with Gasteiger partial charge in [0.2, 0.25) is 0 Å². The summed E-state index contributed by atoms with van der Waals surface area (Å²) in [4.78, 5) is 13.8. The fourth-order valence-corrected chi connectivity index (χ4v) is 0.644. The molecule has 0 aliphatic heterocycles. The Morgan fingerprint density at radius 3 is 3.00 bits per heavy atom. The lowest BCUT2D eigenvalue weighted by Crippen LogP contribution is -2.02. The second-order valence-corrected chi connectivity index (χ2v) is 1.94. The lowest BCUT2D eigenvalue weighted by Gasteiger charge is -1.95. The summed E-state index contributed by atoms with van der Waals surface area (Å²) in [6.07, 6.45) is 5.12. The van der Waals surface area contributed by atoms with Crippen LogP contribution in [-0.2, 0) is 11.3 Å². The van der Waals surface area contributed by atoms with E-state index >= 15 is 0 Å². The van der Waals surface area contributed by atoms with E-state index in [2.05, 4.69) is 4.98 Å². The van der Waals surface area contributed by atoms with E-state index in [0.717, 1.165) is 0 Å². The van der Waals surface area contributed by atoms with Gasteiger partial charge in [-0.3, -0.25) is 4.79 Å². The summed E-state index contributed by atoms with van der Waals surface area (Å²) in [5.74, 6) is -0.784. The SMILES string of the molecule is O=[13C](O)[13CH2][13CH2]n1ccnc1. The molecular formula is C6H8N2O2. The fraction of sp³-hybridized carbons (Fsp3) is 0.333. The summed E-state index contributed by atoms with van der Waals surface area (Å²) < 4.78 is 1.73. The lowest BCUT2D eigenvalue weighted by atomic mass is 10.9. The molecular weight excluding hydrogens is 135 g/mol. The molecule has 0 atom stereocenters. The standard InChI is InChI=1S/C6H8N2O2/c9-6(10)1-3-8-4-2-7-5-8/h2,4-5H,1,3H2,(H,9,10)/i1+1,3+1,6+1. The number of imidazole rings is 1. The molecule has 1 aromatic rings. The zero-order chi connectivity index (χ0) is 7.40. The second kappa shape index (κ2) is 3.00. The van der Waals surface area contributed by atoms with Crippen LogP contribution in [0.25, 0.3) is 0 Å². The molecule has 4 heteroatoms. The molecule has 0 aromatic carbocycles. The summed E-state index contributed by atoms with van der Waals surface area (Å²) in [6.45, 7) is 0.495. The zero-order valence-electron chi connectivity index (χ0n) is 5.40. The van der Waals surface area contributed by atoms with Gasteiger partial charge >= 0.3 is 5.97 Å². The van der Waals surface area contributed by atoms with Gasteiger partial charge in [-0.15, -0.1) is 0 Å². The Balaban J connectivity index is 2.35. The van der Waals surface area contributed by atoms with E-state index in [1.807, 2.05) is 0 Å². The van der Waals surface area contributed by atoms with Crippen LogP contribution in [0.1, 0.15) is 6.42 Å². The van der Waals surface area contributed by atoms with Crippen molar-refractivity contribution >= 4 is 5.97 Å². The van der Waals surface area contributed by atoms with Crippen molar-refractivity contribution in [1.82, 2.24) is 9.55 Å². The van der Waals surface area contributed by atoms with Gasteiger partial charge in [0.05, 0.1) is 12.7 Å². The molecule has 0 aliphatic carbocycles. The van der Waals surface area contributed by atoms with Crippen molar-refractivity contribution in [1.29, 1.82) is 0 Å². The number of nitrogens with zero attached hydrogens (tertiary/aromatic N) is 2. The zero-order valence-corrected chi connectivity index (χ0v) is 5.40. The van der Waals surface area contributed by atoms with Crippen LogP contribution >= 0.6 is 0 Å². The van der Waals surface area contributed by atoms with Crippen molar-refractivity contribution in [3.05, 3.63) is 18.7 Å². The third-order valence-electron chi connectivity index (χ3n) is 1.14. The first-order valence-corrected chi connectivity index (χ1v) is 2.96. The maximum Gasteiger partial charge on any atom is 0.305 e. The number of aryl methyl sites for hydroxylation is 1. The van der Waals surface area contributed by atoms with Crippen molar-refractivity contribution in [2.75, 3.05) is 0 Å². The first-order chi connectivity index (χ1) is 4.79. The van der Waals surface area contributed by atoms with Crippen LogP contribution < -0.4 is 0 Å². The van der Waals surface area contributed by atoms with Gasteiger partial charge < -0.3 is 9.67 Å². The average molecular weight is 143 g/mol. The highest BCUT2D eigenvalue weighted by Gasteiger charge is 1.95. The van der Waals surface area contributed by atoms with Crippen LogP contribution in [0, 0.1) is 0 Å². The van der Waals surface area contributed by atoms with Crippen molar-refractivity contribution in [2.24, 2.45) is 0 Å². The Morgan fingerprint density at radius 1 is 1.70 bits per heavy atom. The smallest absolute Gasteiger partial charge is 0.305 e. The van der Waals surface area contributed by atoms with Crippen LogP contribution in [0.5, 0.6) is 0 Å². The molecule has 1 rings (SSSR count). The van der Waals surface area contributed by atoms with Gasteiger partial charge in [-0.2, -0.15) is 0 Å². The van der Waals surface area contributed by atoms with E-state index in [1.54, 1.807) is 23.3 Å². The summed E-state index contributed by atoms with van der Waals surface area (Å²) in [5.41, 5.74) is 0. The van der Waals surface area contributed by atoms with Gasteiger partial charge in [0.25, 0.3) is 0 Å². The molecule has 4 nitrogen and oxygen atoms in total. The predicted octanol–water partition coefficient (Wildman–Crippen LogP) is 0.358. The van der Waals surface area contributed by atoms with E-state index in [4.69, 9.17) is 5.11 Å². The Morgan fingerprint density at radius 2 is 2.50 bits per heavy atom. The monoisotopic (exact) mass is 143 g/mol. The molecule has 0 bridgehead atoms. The molecule has 0 unspecified atom stereocenters. The Kier molecular flexibility index (Phi) is 2.04. The number of aromatic nitrogens is 2. The van der Waals surface area contributed by atoms with E-state index < -0.39 is 5.97 Å². The van der Waals surface area contributed by atoms with Crippen LogP contribution in [0.2, 0.25) is 0 Å². The number of carboxylic acid groups (broad SMARTS) is 1. The van der Waals surface area contributed by atoms with Gasteiger partial charge in [0, 0.05) is 18.9 Å². The molecule has 10 heavy (non-hydrogen) atoms. The Hall–Kier alpha value is -1.32. The fourth-order valence-electron chi connectivity index (χ4n) is 0.644. The van der Waals surface area contributed by atoms with E-state index in [9.17, 15) is 4.79 Å². The molecule has 0 saturated carbocycles. The molecule has 0 radical (unpaired) electrons. The van der Waals surface area contributed by atoms with E-state index in [0.29, 0.717) is 6.54 Å². The highest BCUT2D eigenvalue weighted by Crippen LogP contribution is 1.89. The third kappa shape index (κ3) is 1.89. The van der Waals surface area contributed by atoms with Crippen molar-refractivity contribution in [3.8, 4) is 0 Å². The third-order valence-corrected chi connectivity index (χ3v) is 1.14. The molecule has 0 fully saturated rings. The van der Waals surface area contributed by atoms with Crippen molar-refractivity contribution in [3.63, 3.8) is 0 Å². The summed E-state index contributed by atoms with van der Waals surface area (Å²) in [7, 11) is 0. The van der Waals surface area contributed by atoms with Gasteiger partial charge in [-0.1, -0.05) is 0 Å². The molecule has 1 N–H and O–H groups in total. The number of aliphatic carboxylic acids is 1. The Bertz CT molecular complexity index is 206. The minimum Gasteiger partial charge on any atom is -0.481 e. The number of rotatable bonds is 3. The van der Waals surface area contributed by atoms with Crippen LogP contribution in [0.4, 0.5) is 0 Å². The lowest BCUT2D eigenvalue weighted by molar-refractivity contribution is -0.137. The number of hydrogen-bond donors (Lipinski definition) is 1. The molecule has 0 aliphatic rings. The highest BCUT2D eigenvalue weighted by molar-refractivity contribution is 5.66. The minimum atomic E-state index is -0.784. The number of carboxylic acids is 1. The average Bonchev–Trinajstić information content (AvgIpc) is 2.34. The van der Waals surface area contributed by atoms with Crippen molar-refractivity contribution < 1.29 is 9.90 Å².